The number of carbonyl (C=O) groups excluding carboxylic acids is 1. The summed E-state index contributed by atoms with van der Waals surface area (Å²) in [5.74, 6) is 1.08. The highest BCUT2D eigenvalue weighted by atomic mass is 79.9. The molecule has 0 saturated heterocycles. The van der Waals surface area contributed by atoms with Crippen LogP contribution in [0.2, 0.25) is 10.0 Å². The maximum absolute atomic E-state index is 12.1. The minimum Gasteiger partial charge on any atom is -0.493 e. The molecule has 6 nitrogen and oxygen atoms in total. The second kappa shape index (κ2) is 13.3. The van der Waals surface area contributed by atoms with Crippen LogP contribution in [0.3, 0.4) is 0 Å². The van der Waals surface area contributed by atoms with Crippen LogP contribution in [-0.4, -0.2) is 25.8 Å². The van der Waals surface area contributed by atoms with E-state index in [0.29, 0.717) is 41.8 Å². The van der Waals surface area contributed by atoms with Gasteiger partial charge in [0.1, 0.15) is 12.4 Å². The molecule has 3 aromatic carbocycles. The Hall–Kier alpha value is -1.30. The summed E-state index contributed by atoms with van der Waals surface area (Å²) < 4.78 is 19.9. The van der Waals surface area contributed by atoms with Gasteiger partial charge in [0.05, 0.1) is 32.3 Å². The molecule has 0 aliphatic carbocycles. The summed E-state index contributed by atoms with van der Waals surface area (Å²) in [7, 11) is 1.53. The van der Waals surface area contributed by atoms with E-state index in [2.05, 4.69) is 74.2 Å². The molecular formula is C23H16Br4Cl2N2O4. The molecule has 3 rings (SSSR count). The van der Waals surface area contributed by atoms with Gasteiger partial charge in [0.15, 0.2) is 18.1 Å². The van der Waals surface area contributed by atoms with Crippen molar-refractivity contribution in [2.45, 2.75) is 6.61 Å². The topological polar surface area (TPSA) is 69.2 Å². The highest BCUT2D eigenvalue weighted by Gasteiger charge is 2.17. The molecule has 0 atom stereocenters. The fourth-order valence-corrected chi connectivity index (χ4v) is 5.13. The van der Waals surface area contributed by atoms with E-state index >= 15 is 0 Å². The molecule has 1 amide bonds. The number of hydrogen-bond acceptors (Lipinski definition) is 5. The number of halogens is 6. The van der Waals surface area contributed by atoms with Crippen LogP contribution >= 0.6 is 86.9 Å². The first-order valence-electron chi connectivity index (χ1n) is 9.72. The molecule has 0 radical (unpaired) electrons. The maximum atomic E-state index is 12.1. The van der Waals surface area contributed by atoms with Gasteiger partial charge in [-0.1, -0.05) is 45.2 Å². The molecule has 3 aromatic rings. The summed E-state index contributed by atoms with van der Waals surface area (Å²) >= 11 is 25.9. The van der Waals surface area contributed by atoms with E-state index in [4.69, 9.17) is 37.4 Å². The van der Waals surface area contributed by atoms with E-state index in [1.165, 1.54) is 13.3 Å². The quantitative estimate of drug-likeness (QED) is 0.176. The van der Waals surface area contributed by atoms with Gasteiger partial charge < -0.3 is 14.2 Å². The fourth-order valence-electron chi connectivity index (χ4n) is 2.71. The van der Waals surface area contributed by atoms with E-state index in [0.717, 1.165) is 14.5 Å². The van der Waals surface area contributed by atoms with Crippen molar-refractivity contribution in [3.05, 3.63) is 81.5 Å². The first-order chi connectivity index (χ1) is 16.7. The number of methoxy groups -OCH3 is 1. The molecule has 0 bridgehead atoms. The van der Waals surface area contributed by atoms with Crippen LogP contribution < -0.4 is 19.6 Å². The van der Waals surface area contributed by atoms with E-state index < -0.39 is 5.91 Å². The van der Waals surface area contributed by atoms with E-state index in [9.17, 15) is 4.79 Å². The van der Waals surface area contributed by atoms with Gasteiger partial charge in [0.25, 0.3) is 5.91 Å². The molecule has 12 heteroatoms. The van der Waals surface area contributed by atoms with Crippen LogP contribution in [0.1, 0.15) is 11.1 Å². The van der Waals surface area contributed by atoms with Gasteiger partial charge >= 0.3 is 0 Å². The normalized spacial score (nSPS) is 10.9. The van der Waals surface area contributed by atoms with E-state index in [-0.39, 0.29) is 13.2 Å². The zero-order valence-corrected chi connectivity index (χ0v) is 25.7. The van der Waals surface area contributed by atoms with E-state index in [1.54, 1.807) is 24.3 Å². The van der Waals surface area contributed by atoms with Gasteiger partial charge in [-0.3, -0.25) is 4.79 Å². The van der Waals surface area contributed by atoms with Gasteiger partial charge in [0, 0.05) is 14.5 Å². The predicted octanol–water partition coefficient (Wildman–Crippen LogP) is 8.16. The Bertz CT molecular complexity index is 1270. The van der Waals surface area contributed by atoms with Crippen molar-refractivity contribution < 1.29 is 19.0 Å². The highest BCUT2D eigenvalue weighted by Crippen LogP contribution is 2.42. The minimum atomic E-state index is -0.417. The van der Waals surface area contributed by atoms with Crippen molar-refractivity contribution in [1.82, 2.24) is 5.43 Å². The fraction of sp³-hybridized carbons (Fsp3) is 0.130. The number of nitrogens with zero attached hydrogens (tertiary/aromatic N) is 1. The molecule has 184 valence electrons. The zero-order chi connectivity index (χ0) is 25.5. The van der Waals surface area contributed by atoms with E-state index in [1.807, 2.05) is 18.2 Å². The highest BCUT2D eigenvalue weighted by molar-refractivity contribution is 9.13. The first kappa shape index (κ1) is 28.3. The van der Waals surface area contributed by atoms with Crippen molar-refractivity contribution in [2.75, 3.05) is 13.7 Å². The van der Waals surface area contributed by atoms with Gasteiger partial charge in [-0.2, -0.15) is 5.10 Å². The average molecular weight is 775 g/mol. The number of hydrogen-bond donors (Lipinski definition) is 1. The molecule has 0 aromatic heterocycles. The summed E-state index contributed by atoms with van der Waals surface area (Å²) in [6.07, 6.45) is 1.48. The van der Waals surface area contributed by atoms with Gasteiger partial charge in [-0.25, -0.2) is 5.43 Å². The molecular weight excluding hydrogens is 759 g/mol. The third-order valence-electron chi connectivity index (χ3n) is 4.39. The Morgan fingerprint density at radius 1 is 0.971 bits per heavy atom. The van der Waals surface area contributed by atoms with Crippen LogP contribution in [0.15, 0.2) is 65.5 Å². The Kier molecular flexibility index (Phi) is 10.7. The number of carbonyl (C=O) groups is 1. The van der Waals surface area contributed by atoms with Gasteiger partial charge in [0.2, 0.25) is 0 Å². The summed E-state index contributed by atoms with van der Waals surface area (Å²) in [5.41, 5.74) is 3.93. The van der Waals surface area contributed by atoms with Crippen molar-refractivity contribution in [1.29, 1.82) is 0 Å². The molecule has 0 aliphatic rings. The number of nitrogens with one attached hydrogen (secondary N) is 1. The molecule has 1 N–H and O–H groups in total. The molecule has 0 spiro atoms. The first-order valence-corrected chi connectivity index (χ1v) is 13.6. The van der Waals surface area contributed by atoms with Gasteiger partial charge in [-0.15, -0.1) is 0 Å². The van der Waals surface area contributed by atoms with Crippen molar-refractivity contribution in [3.63, 3.8) is 0 Å². The van der Waals surface area contributed by atoms with Crippen molar-refractivity contribution in [2.24, 2.45) is 5.10 Å². The molecule has 0 fully saturated rings. The second-order valence-corrected chi connectivity index (χ2v) is 11.0. The predicted molar refractivity (Wildman–Crippen MR) is 152 cm³/mol. The molecule has 0 heterocycles. The molecule has 0 unspecified atom stereocenters. The van der Waals surface area contributed by atoms with Crippen LogP contribution in [0.5, 0.6) is 17.2 Å². The lowest BCUT2D eigenvalue weighted by molar-refractivity contribution is -0.123. The summed E-state index contributed by atoms with van der Waals surface area (Å²) in [6.45, 7) is 0.0452. The lowest BCUT2D eigenvalue weighted by atomic mass is 10.2. The number of ether oxygens (including phenoxy) is 3. The van der Waals surface area contributed by atoms with Crippen molar-refractivity contribution >= 4 is 99.0 Å². The second-order valence-electron chi connectivity index (χ2n) is 6.82. The lowest BCUT2D eigenvalue weighted by Crippen LogP contribution is -2.24. The average Bonchev–Trinajstić information content (AvgIpc) is 2.82. The SMILES string of the molecule is COc1cc(/C=N/NC(=O)COc2ccc(Br)cc2Br)c(Br)c(Br)c1OCc1ccc(Cl)c(Cl)c1. The smallest absolute Gasteiger partial charge is 0.277 e. The monoisotopic (exact) mass is 770 g/mol. The maximum Gasteiger partial charge on any atom is 0.277 e. The number of amides is 1. The molecule has 0 aliphatic heterocycles. The summed E-state index contributed by atoms with van der Waals surface area (Å²) in [5, 5.41) is 4.93. The Morgan fingerprint density at radius 3 is 2.43 bits per heavy atom. The molecule has 0 saturated carbocycles. The standard InChI is InChI=1S/C23H16Br4Cl2N2O4/c1-33-19-7-13(9-30-31-20(32)11-34-18-5-3-14(24)8-15(18)25)21(26)22(27)23(19)35-10-12-2-4-16(28)17(29)6-12/h2-9H,10-11H2,1H3,(H,31,32)/b30-9+. The van der Waals surface area contributed by atoms with Crippen LogP contribution in [0, 0.1) is 0 Å². The Balaban J connectivity index is 1.65. The number of benzene rings is 3. The van der Waals surface area contributed by atoms with Crippen LogP contribution in [0.25, 0.3) is 0 Å². The third kappa shape index (κ3) is 7.84. The van der Waals surface area contributed by atoms with Gasteiger partial charge in [-0.05, 0) is 89.8 Å². The molecule has 35 heavy (non-hydrogen) atoms. The summed E-state index contributed by atoms with van der Waals surface area (Å²) in [6, 6.07) is 12.4. The minimum absolute atomic E-state index is 0.201. The Labute approximate surface area is 245 Å². The lowest BCUT2D eigenvalue weighted by Gasteiger charge is -2.15. The number of rotatable bonds is 9. The Morgan fingerprint density at radius 2 is 1.74 bits per heavy atom. The largest absolute Gasteiger partial charge is 0.493 e. The van der Waals surface area contributed by atoms with Crippen molar-refractivity contribution in [3.8, 4) is 17.2 Å². The zero-order valence-electron chi connectivity index (χ0n) is 17.9. The summed E-state index contributed by atoms with van der Waals surface area (Å²) in [4.78, 5) is 12.1. The number of hydrazone groups is 1. The third-order valence-corrected chi connectivity index (χ3v) is 8.38. The van der Waals surface area contributed by atoms with Crippen LogP contribution in [-0.2, 0) is 11.4 Å². The van der Waals surface area contributed by atoms with Crippen LogP contribution in [0.4, 0.5) is 0 Å².